The maximum atomic E-state index is 5.75. The molecule has 1 saturated heterocycles. The van der Waals surface area contributed by atoms with Gasteiger partial charge < -0.3 is 19.7 Å². The predicted octanol–water partition coefficient (Wildman–Crippen LogP) is 1.28. The molecule has 2 heterocycles. The standard InChI is InChI=1S/C13H22N4O2/c1-9-6-17(7-10(2)19-9)13-5-11(14-3)15-12(16-13)8-18-4/h5,9-10H,6-8H2,1-4H3,(H,14,15,16). The fraction of sp³-hybridized carbons (Fsp3) is 0.692. The molecular weight excluding hydrogens is 244 g/mol. The van der Waals surface area contributed by atoms with Crippen molar-refractivity contribution >= 4 is 11.6 Å². The van der Waals surface area contributed by atoms with E-state index in [1.807, 2.05) is 13.1 Å². The molecular formula is C13H22N4O2. The van der Waals surface area contributed by atoms with Crippen LogP contribution in [0.15, 0.2) is 6.07 Å². The molecule has 2 unspecified atom stereocenters. The summed E-state index contributed by atoms with van der Waals surface area (Å²) in [7, 11) is 3.50. The summed E-state index contributed by atoms with van der Waals surface area (Å²) < 4.78 is 10.9. The van der Waals surface area contributed by atoms with Gasteiger partial charge in [-0.05, 0) is 13.8 Å². The third-order valence-electron chi connectivity index (χ3n) is 3.03. The van der Waals surface area contributed by atoms with Gasteiger partial charge in [-0.2, -0.15) is 0 Å². The molecule has 6 heteroatoms. The molecule has 1 N–H and O–H groups in total. The van der Waals surface area contributed by atoms with Gasteiger partial charge in [0.15, 0.2) is 5.82 Å². The molecule has 0 aromatic carbocycles. The number of hydrogen-bond donors (Lipinski definition) is 1. The molecule has 6 nitrogen and oxygen atoms in total. The van der Waals surface area contributed by atoms with Gasteiger partial charge in [0.25, 0.3) is 0 Å². The zero-order valence-electron chi connectivity index (χ0n) is 12.0. The van der Waals surface area contributed by atoms with Crippen molar-refractivity contribution in [2.45, 2.75) is 32.7 Å². The number of aromatic nitrogens is 2. The van der Waals surface area contributed by atoms with Crippen LogP contribution in [-0.4, -0.2) is 49.4 Å². The first kappa shape index (κ1) is 14.0. The summed E-state index contributed by atoms with van der Waals surface area (Å²) in [6.45, 7) is 6.27. The van der Waals surface area contributed by atoms with Gasteiger partial charge in [-0.25, -0.2) is 9.97 Å². The summed E-state index contributed by atoms with van der Waals surface area (Å²) in [4.78, 5) is 11.2. The fourth-order valence-electron chi connectivity index (χ4n) is 2.33. The minimum absolute atomic E-state index is 0.211. The van der Waals surface area contributed by atoms with Crippen molar-refractivity contribution in [3.05, 3.63) is 11.9 Å². The van der Waals surface area contributed by atoms with E-state index in [0.717, 1.165) is 24.7 Å². The van der Waals surface area contributed by atoms with Crippen molar-refractivity contribution in [2.24, 2.45) is 0 Å². The molecule has 2 rings (SSSR count). The zero-order valence-corrected chi connectivity index (χ0v) is 12.0. The lowest BCUT2D eigenvalue weighted by Gasteiger charge is -2.36. The summed E-state index contributed by atoms with van der Waals surface area (Å²) in [5.41, 5.74) is 0. The molecule has 19 heavy (non-hydrogen) atoms. The Morgan fingerprint density at radius 2 is 2.05 bits per heavy atom. The highest BCUT2D eigenvalue weighted by Crippen LogP contribution is 2.21. The fourth-order valence-corrected chi connectivity index (χ4v) is 2.33. The maximum Gasteiger partial charge on any atom is 0.158 e. The smallest absolute Gasteiger partial charge is 0.158 e. The minimum atomic E-state index is 0.211. The predicted molar refractivity (Wildman–Crippen MR) is 74.5 cm³/mol. The molecule has 1 fully saturated rings. The van der Waals surface area contributed by atoms with Crippen molar-refractivity contribution < 1.29 is 9.47 Å². The van der Waals surface area contributed by atoms with Crippen LogP contribution < -0.4 is 10.2 Å². The number of anilines is 2. The van der Waals surface area contributed by atoms with Crippen LogP contribution >= 0.6 is 0 Å². The monoisotopic (exact) mass is 266 g/mol. The van der Waals surface area contributed by atoms with Crippen LogP contribution in [0.2, 0.25) is 0 Å². The molecule has 0 amide bonds. The van der Waals surface area contributed by atoms with Gasteiger partial charge in [0.2, 0.25) is 0 Å². The molecule has 2 atom stereocenters. The van der Waals surface area contributed by atoms with E-state index in [1.165, 1.54) is 0 Å². The van der Waals surface area contributed by atoms with E-state index in [0.29, 0.717) is 12.4 Å². The van der Waals surface area contributed by atoms with Crippen molar-refractivity contribution in [1.29, 1.82) is 0 Å². The second-order valence-corrected chi connectivity index (χ2v) is 4.87. The topological polar surface area (TPSA) is 59.5 Å². The van der Waals surface area contributed by atoms with Gasteiger partial charge in [-0.3, -0.25) is 0 Å². The van der Waals surface area contributed by atoms with Crippen LogP contribution in [-0.2, 0) is 16.1 Å². The molecule has 1 aliphatic heterocycles. The largest absolute Gasteiger partial charge is 0.377 e. The second-order valence-electron chi connectivity index (χ2n) is 4.87. The van der Waals surface area contributed by atoms with Gasteiger partial charge in [0.1, 0.15) is 18.2 Å². The molecule has 0 bridgehead atoms. The van der Waals surface area contributed by atoms with Gasteiger partial charge in [0, 0.05) is 33.3 Å². The number of morpholine rings is 1. The summed E-state index contributed by atoms with van der Waals surface area (Å²) in [6.07, 6.45) is 0.422. The maximum absolute atomic E-state index is 5.75. The molecule has 1 aliphatic rings. The number of nitrogens with one attached hydrogen (secondary N) is 1. The SMILES string of the molecule is CNc1cc(N2CC(C)OC(C)C2)nc(COC)n1. The lowest BCUT2D eigenvalue weighted by atomic mass is 10.2. The Labute approximate surface area is 114 Å². The Kier molecular flexibility index (Phi) is 4.55. The molecule has 0 radical (unpaired) electrons. The average Bonchev–Trinajstić information content (AvgIpc) is 2.37. The van der Waals surface area contributed by atoms with E-state index in [2.05, 4.69) is 34.0 Å². The van der Waals surface area contributed by atoms with E-state index in [-0.39, 0.29) is 12.2 Å². The molecule has 1 aromatic heterocycles. The third-order valence-corrected chi connectivity index (χ3v) is 3.03. The summed E-state index contributed by atoms with van der Waals surface area (Å²) in [6, 6.07) is 1.96. The Bertz CT molecular complexity index is 417. The Balaban J connectivity index is 2.24. The van der Waals surface area contributed by atoms with E-state index in [1.54, 1.807) is 7.11 Å². The van der Waals surface area contributed by atoms with Crippen LogP contribution in [0.4, 0.5) is 11.6 Å². The lowest BCUT2D eigenvalue weighted by molar-refractivity contribution is -0.00549. The highest BCUT2D eigenvalue weighted by atomic mass is 16.5. The number of hydrogen-bond acceptors (Lipinski definition) is 6. The second kappa shape index (κ2) is 6.16. The van der Waals surface area contributed by atoms with Crippen molar-refractivity contribution in [3.8, 4) is 0 Å². The first-order valence-corrected chi connectivity index (χ1v) is 6.57. The van der Waals surface area contributed by atoms with Gasteiger partial charge in [-0.15, -0.1) is 0 Å². The van der Waals surface area contributed by atoms with Crippen LogP contribution in [0.1, 0.15) is 19.7 Å². The Hall–Kier alpha value is -1.40. The highest BCUT2D eigenvalue weighted by Gasteiger charge is 2.23. The normalized spacial score (nSPS) is 23.5. The van der Waals surface area contributed by atoms with E-state index >= 15 is 0 Å². The Morgan fingerprint density at radius 3 is 2.63 bits per heavy atom. The van der Waals surface area contributed by atoms with E-state index in [9.17, 15) is 0 Å². The number of ether oxygens (including phenoxy) is 2. The highest BCUT2D eigenvalue weighted by molar-refractivity contribution is 5.49. The third kappa shape index (κ3) is 3.54. The quantitative estimate of drug-likeness (QED) is 0.886. The zero-order chi connectivity index (χ0) is 13.8. The van der Waals surface area contributed by atoms with Crippen molar-refractivity contribution in [2.75, 3.05) is 37.5 Å². The Morgan fingerprint density at radius 1 is 1.37 bits per heavy atom. The van der Waals surface area contributed by atoms with Crippen LogP contribution in [0.3, 0.4) is 0 Å². The minimum Gasteiger partial charge on any atom is -0.377 e. The number of methoxy groups -OCH3 is 1. The summed E-state index contributed by atoms with van der Waals surface area (Å²) >= 11 is 0. The van der Waals surface area contributed by atoms with Gasteiger partial charge in [-0.1, -0.05) is 0 Å². The van der Waals surface area contributed by atoms with Crippen LogP contribution in [0.25, 0.3) is 0 Å². The first-order chi connectivity index (χ1) is 9.12. The summed E-state index contributed by atoms with van der Waals surface area (Å²) in [5.74, 6) is 2.42. The number of rotatable bonds is 4. The number of nitrogens with zero attached hydrogens (tertiary/aromatic N) is 3. The summed E-state index contributed by atoms with van der Waals surface area (Å²) in [5, 5.41) is 3.06. The van der Waals surface area contributed by atoms with E-state index in [4.69, 9.17) is 9.47 Å². The molecule has 1 aromatic rings. The average molecular weight is 266 g/mol. The lowest BCUT2D eigenvalue weighted by Crippen LogP contribution is -2.46. The van der Waals surface area contributed by atoms with Gasteiger partial charge >= 0.3 is 0 Å². The molecule has 0 saturated carbocycles. The molecule has 0 spiro atoms. The van der Waals surface area contributed by atoms with Crippen molar-refractivity contribution in [1.82, 2.24) is 9.97 Å². The first-order valence-electron chi connectivity index (χ1n) is 6.57. The molecule has 0 aliphatic carbocycles. The van der Waals surface area contributed by atoms with Crippen LogP contribution in [0.5, 0.6) is 0 Å². The van der Waals surface area contributed by atoms with Crippen LogP contribution in [0, 0.1) is 0 Å². The molecule has 106 valence electrons. The van der Waals surface area contributed by atoms with Gasteiger partial charge in [0.05, 0.1) is 12.2 Å². The van der Waals surface area contributed by atoms with E-state index < -0.39 is 0 Å². The van der Waals surface area contributed by atoms with Crippen molar-refractivity contribution in [3.63, 3.8) is 0 Å².